The zero-order valence-electron chi connectivity index (χ0n) is 24.5. The number of rotatable bonds is 7. The number of para-hydroxylation sites is 2. The number of phenolic OH excluding ortho intramolecular Hbond substituents is 1. The third-order valence-corrected chi connectivity index (χ3v) is 7.71. The predicted molar refractivity (Wildman–Crippen MR) is 176 cm³/mol. The lowest BCUT2D eigenvalue weighted by molar-refractivity contribution is 0.408. The van der Waals surface area contributed by atoms with Crippen LogP contribution in [0.5, 0.6) is 28.9 Å². The maximum Gasteiger partial charge on any atom is 0.221 e. The molecule has 0 amide bonds. The number of nitrogens with zero attached hydrogens (tertiary/aromatic N) is 3. The van der Waals surface area contributed by atoms with Crippen molar-refractivity contribution in [1.29, 1.82) is 0 Å². The van der Waals surface area contributed by atoms with Crippen LogP contribution in [0.4, 0.5) is 17.2 Å². The van der Waals surface area contributed by atoms with Crippen molar-refractivity contribution in [2.24, 2.45) is 0 Å². The number of fused-ring (bicyclic) bond motifs is 1. The minimum absolute atomic E-state index is 0.0592. The third kappa shape index (κ3) is 5.53. The van der Waals surface area contributed by atoms with E-state index in [0.717, 1.165) is 39.4 Å². The number of aromatic hydroxyl groups is 1. The summed E-state index contributed by atoms with van der Waals surface area (Å²) in [5.41, 5.74) is 7.53. The maximum absolute atomic E-state index is 10.6. The van der Waals surface area contributed by atoms with Gasteiger partial charge in [0.1, 0.15) is 17.3 Å². The predicted octanol–water partition coefficient (Wildman–Crippen LogP) is 9.56. The summed E-state index contributed by atoms with van der Waals surface area (Å²) in [6.07, 6.45) is 0. The summed E-state index contributed by atoms with van der Waals surface area (Å²) in [6.45, 7) is 2.76. The Morgan fingerprint density at radius 3 is 2.09 bits per heavy atom. The normalized spacial score (nSPS) is 12.2. The quantitative estimate of drug-likeness (QED) is 0.204. The molecule has 1 aliphatic heterocycles. The Bertz CT molecular complexity index is 1940. The first kappa shape index (κ1) is 27.1. The van der Waals surface area contributed by atoms with E-state index in [2.05, 4.69) is 72.3 Å². The number of hydrogen-bond donors (Lipinski definition) is 1. The Labute approximate surface area is 257 Å². The van der Waals surface area contributed by atoms with E-state index in [0.29, 0.717) is 29.8 Å². The van der Waals surface area contributed by atoms with Gasteiger partial charge in [0.25, 0.3) is 0 Å². The Kier molecular flexibility index (Phi) is 7.08. The third-order valence-electron chi connectivity index (χ3n) is 7.71. The van der Waals surface area contributed by atoms with Crippen molar-refractivity contribution in [3.8, 4) is 51.1 Å². The van der Waals surface area contributed by atoms with Gasteiger partial charge in [-0.1, -0.05) is 84.4 Å². The summed E-state index contributed by atoms with van der Waals surface area (Å²) in [6, 6.07) is 43.6. The number of anilines is 3. The van der Waals surface area contributed by atoms with Crippen molar-refractivity contribution >= 4 is 17.2 Å². The van der Waals surface area contributed by atoms with Crippen LogP contribution in [0.2, 0.25) is 0 Å². The summed E-state index contributed by atoms with van der Waals surface area (Å²) in [5.74, 6) is 2.79. The Morgan fingerprint density at radius 2 is 1.30 bits per heavy atom. The molecule has 0 saturated heterocycles. The molecule has 1 aliphatic rings. The highest BCUT2D eigenvalue weighted by atomic mass is 16.5. The number of hydrogen-bond acceptors (Lipinski definition) is 6. The smallest absolute Gasteiger partial charge is 0.221 e. The minimum atomic E-state index is 0.0592. The molecule has 6 aromatic rings. The van der Waals surface area contributed by atoms with Gasteiger partial charge >= 0.3 is 0 Å². The SMILES string of the molecule is Cc1ccc(-c2cc(Oc3cccc(Oc4cc(-c5ccccc5)ccc4O)c3)nc(N3CN(C)c4ccccc43)c2)cc1. The average Bonchev–Trinajstić information content (AvgIpc) is 3.39. The van der Waals surface area contributed by atoms with E-state index < -0.39 is 0 Å². The fraction of sp³-hybridized carbons (Fsp3) is 0.0789. The van der Waals surface area contributed by atoms with Crippen LogP contribution in [-0.2, 0) is 0 Å². The molecule has 2 heterocycles. The van der Waals surface area contributed by atoms with E-state index >= 15 is 0 Å². The fourth-order valence-electron chi connectivity index (χ4n) is 5.42. The van der Waals surface area contributed by atoms with Gasteiger partial charge in [0, 0.05) is 19.2 Å². The Balaban J connectivity index is 1.21. The molecule has 6 heteroatoms. The molecule has 1 aromatic heterocycles. The fourth-order valence-corrected chi connectivity index (χ4v) is 5.42. The van der Waals surface area contributed by atoms with Gasteiger partial charge < -0.3 is 24.4 Å². The Hall–Kier alpha value is -5.75. The first-order valence-corrected chi connectivity index (χ1v) is 14.5. The second kappa shape index (κ2) is 11.5. The zero-order valence-corrected chi connectivity index (χ0v) is 24.5. The van der Waals surface area contributed by atoms with E-state index in [4.69, 9.17) is 14.5 Å². The van der Waals surface area contributed by atoms with Crippen LogP contribution in [0, 0.1) is 6.92 Å². The molecule has 0 radical (unpaired) electrons. The van der Waals surface area contributed by atoms with Gasteiger partial charge in [-0.25, -0.2) is 0 Å². The molecule has 0 bridgehead atoms. The Morgan fingerprint density at radius 1 is 0.614 bits per heavy atom. The molecule has 0 fully saturated rings. The van der Waals surface area contributed by atoms with Gasteiger partial charge in [0.05, 0.1) is 18.0 Å². The van der Waals surface area contributed by atoms with Gasteiger partial charge in [0.2, 0.25) is 5.88 Å². The highest BCUT2D eigenvalue weighted by molar-refractivity contribution is 5.82. The highest BCUT2D eigenvalue weighted by Gasteiger charge is 2.26. The highest BCUT2D eigenvalue weighted by Crippen LogP contribution is 2.41. The number of aromatic nitrogens is 1. The van der Waals surface area contributed by atoms with Crippen molar-refractivity contribution < 1.29 is 14.6 Å². The van der Waals surface area contributed by atoms with E-state index in [-0.39, 0.29) is 5.75 Å². The van der Waals surface area contributed by atoms with Crippen LogP contribution in [0.25, 0.3) is 22.3 Å². The lowest BCUT2D eigenvalue weighted by atomic mass is 10.0. The molecule has 0 atom stereocenters. The molecule has 6 nitrogen and oxygen atoms in total. The number of phenols is 1. The summed E-state index contributed by atoms with van der Waals surface area (Å²) >= 11 is 0. The second-order valence-electron chi connectivity index (χ2n) is 10.9. The van der Waals surface area contributed by atoms with Crippen LogP contribution in [0.1, 0.15) is 5.56 Å². The summed E-state index contributed by atoms with van der Waals surface area (Å²) in [7, 11) is 2.08. The summed E-state index contributed by atoms with van der Waals surface area (Å²) in [4.78, 5) is 9.36. The standard InChI is InChI=1S/C38H31N3O3/c1-26-15-17-28(18-16-26)30-22-37(41-25-40(2)33-13-6-7-14-34(33)41)39-38(23-30)44-32-12-8-11-31(24-32)43-36-21-29(19-20-35(36)42)27-9-4-3-5-10-27/h3-24,42H,25H2,1-2H3. The maximum atomic E-state index is 10.6. The number of aryl methyl sites for hydroxylation is 1. The molecular formula is C38H31N3O3. The second-order valence-corrected chi connectivity index (χ2v) is 10.9. The molecular weight excluding hydrogens is 546 g/mol. The van der Waals surface area contributed by atoms with Crippen LogP contribution in [-0.4, -0.2) is 23.8 Å². The molecule has 0 aliphatic carbocycles. The van der Waals surface area contributed by atoms with E-state index in [1.807, 2.05) is 72.8 Å². The lowest BCUT2D eigenvalue weighted by Crippen LogP contribution is -2.24. The number of benzene rings is 5. The van der Waals surface area contributed by atoms with Crippen LogP contribution >= 0.6 is 0 Å². The van der Waals surface area contributed by atoms with Crippen molar-refractivity contribution in [2.45, 2.75) is 6.92 Å². The van der Waals surface area contributed by atoms with Crippen molar-refractivity contribution in [3.63, 3.8) is 0 Å². The topological polar surface area (TPSA) is 58.1 Å². The first-order valence-electron chi connectivity index (χ1n) is 14.5. The van der Waals surface area contributed by atoms with E-state index in [9.17, 15) is 5.11 Å². The first-order chi connectivity index (χ1) is 21.5. The zero-order chi connectivity index (χ0) is 30.0. The monoisotopic (exact) mass is 577 g/mol. The number of pyridine rings is 1. The van der Waals surface area contributed by atoms with Crippen LogP contribution in [0.3, 0.4) is 0 Å². The van der Waals surface area contributed by atoms with Gasteiger partial charge in [-0.05, 0) is 71.6 Å². The molecule has 1 N–H and O–H groups in total. The molecule has 0 spiro atoms. The minimum Gasteiger partial charge on any atom is -0.504 e. The molecule has 7 rings (SSSR count). The van der Waals surface area contributed by atoms with Crippen molar-refractivity contribution in [2.75, 3.05) is 23.5 Å². The average molecular weight is 578 g/mol. The summed E-state index contributed by atoms with van der Waals surface area (Å²) in [5, 5.41) is 10.6. The van der Waals surface area contributed by atoms with Gasteiger partial charge in [-0.2, -0.15) is 4.98 Å². The van der Waals surface area contributed by atoms with Crippen molar-refractivity contribution in [1.82, 2.24) is 4.98 Å². The van der Waals surface area contributed by atoms with Crippen LogP contribution < -0.4 is 19.3 Å². The largest absolute Gasteiger partial charge is 0.504 e. The summed E-state index contributed by atoms with van der Waals surface area (Å²) < 4.78 is 12.5. The molecule has 0 unspecified atom stereocenters. The lowest BCUT2D eigenvalue weighted by Gasteiger charge is -2.20. The van der Waals surface area contributed by atoms with Gasteiger partial charge in [-0.15, -0.1) is 0 Å². The molecule has 216 valence electrons. The molecule has 0 saturated carbocycles. The van der Waals surface area contributed by atoms with Crippen LogP contribution in [0.15, 0.2) is 133 Å². The molecule has 44 heavy (non-hydrogen) atoms. The van der Waals surface area contributed by atoms with E-state index in [1.54, 1.807) is 12.1 Å². The van der Waals surface area contributed by atoms with Gasteiger partial charge in [0.15, 0.2) is 11.5 Å². The van der Waals surface area contributed by atoms with E-state index in [1.165, 1.54) is 5.56 Å². The van der Waals surface area contributed by atoms with Crippen molar-refractivity contribution in [3.05, 3.63) is 139 Å². The number of ether oxygens (including phenoxy) is 2. The molecule has 5 aromatic carbocycles. The van der Waals surface area contributed by atoms with Gasteiger partial charge in [-0.3, -0.25) is 0 Å².